The zero-order valence-corrected chi connectivity index (χ0v) is 15.3. The summed E-state index contributed by atoms with van der Waals surface area (Å²) in [5.41, 5.74) is 3.78. The van der Waals surface area contributed by atoms with Gasteiger partial charge in [-0.2, -0.15) is 0 Å². The SMILES string of the molecule is [B]CCCc1ccn(-c2ccc(N3CC4(CCNCC4)C3)cc2)c(=O)c1. The highest BCUT2D eigenvalue weighted by atomic mass is 16.1. The predicted molar refractivity (Wildman–Crippen MR) is 108 cm³/mol. The van der Waals surface area contributed by atoms with Crippen LogP contribution in [0.2, 0.25) is 6.32 Å². The summed E-state index contributed by atoms with van der Waals surface area (Å²) >= 11 is 0. The van der Waals surface area contributed by atoms with E-state index in [2.05, 4.69) is 22.3 Å². The Hall–Kier alpha value is -2.01. The Kier molecular flexibility index (Phi) is 4.90. The summed E-state index contributed by atoms with van der Waals surface area (Å²) in [6.45, 7) is 4.61. The van der Waals surface area contributed by atoms with E-state index < -0.39 is 0 Å². The van der Waals surface area contributed by atoms with Crippen LogP contribution in [0.3, 0.4) is 0 Å². The van der Waals surface area contributed by atoms with E-state index in [1.165, 1.54) is 18.5 Å². The van der Waals surface area contributed by atoms with Crippen LogP contribution < -0.4 is 15.8 Å². The van der Waals surface area contributed by atoms with E-state index >= 15 is 0 Å². The van der Waals surface area contributed by atoms with Crippen molar-refractivity contribution < 1.29 is 0 Å². The lowest BCUT2D eigenvalue weighted by Gasteiger charge is -2.53. The van der Waals surface area contributed by atoms with E-state index in [0.29, 0.717) is 11.7 Å². The lowest BCUT2D eigenvalue weighted by atomic mass is 9.72. The molecule has 134 valence electrons. The average molecular weight is 347 g/mol. The van der Waals surface area contributed by atoms with Gasteiger partial charge in [0, 0.05) is 42.1 Å². The van der Waals surface area contributed by atoms with Crippen molar-refractivity contribution >= 4 is 13.5 Å². The molecule has 4 nitrogen and oxygen atoms in total. The Bertz CT molecular complexity index is 801. The van der Waals surface area contributed by atoms with Gasteiger partial charge in [-0.05, 0) is 68.2 Å². The summed E-state index contributed by atoms with van der Waals surface area (Å²) in [5.74, 6) is 0. The molecular weight excluding hydrogens is 321 g/mol. The first-order valence-electron chi connectivity index (χ1n) is 9.67. The van der Waals surface area contributed by atoms with Crippen molar-refractivity contribution in [3.63, 3.8) is 0 Å². The van der Waals surface area contributed by atoms with Crippen LogP contribution in [0.1, 0.15) is 24.8 Å². The first-order chi connectivity index (χ1) is 12.7. The second-order valence-electron chi connectivity index (χ2n) is 7.76. The molecule has 3 heterocycles. The summed E-state index contributed by atoms with van der Waals surface area (Å²) < 4.78 is 1.71. The number of aryl methyl sites for hydroxylation is 1. The molecule has 0 aliphatic carbocycles. The van der Waals surface area contributed by atoms with Crippen molar-refractivity contribution in [3.8, 4) is 5.69 Å². The maximum atomic E-state index is 12.4. The largest absolute Gasteiger partial charge is 0.370 e. The van der Waals surface area contributed by atoms with E-state index in [0.717, 1.165) is 50.3 Å². The van der Waals surface area contributed by atoms with E-state index in [1.54, 1.807) is 10.6 Å². The van der Waals surface area contributed by atoms with Gasteiger partial charge in [0.25, 0.3) is 5.56 Å². The summed E-state index contributed by atoms with van der Waals surface area (Å²) in [4.78, 5) is 14.9. The minimum absolute atomic E-state index is 0.0184. The van der Waals surface area contributed by atoms with Crippen LogP contribution in [0.15, 0.2) is 47.4 Å². The second-order valence-corrected chi connectivity index (χ2v) is 7.76. The molecule has 0 unspecified atom stereocenters. The normalized spacial score (nSPS) is 18.7. The summed E-state index contributed by atoms with van der Waals surface area (Å²) in [6, 6.07) is 12.1. The number of rotatable bonds is 5. The highest BCUT2D eigenvalue weighted by Crippen LogP contribution is 2.41. The number of anilines is 1. The molecule has 2 fully saturated rings. The van der Waals surface area contributed by atoms with Crippen molar-refractivity contribution in [3.05, 3.63) is 58.5 Å². The fourth-order valence-electron chi connectivity index (χ4n) is 4.24. The maximum absolute atomic E-state index is 12.4. The molecule has 2 saturated heterocycles. The molecule has 4 rings (SSSR count). The van der Waals surface area contributed by atoms with Gasteiger partial charge < -0.3 is 10.2 Å². The van der Waals surface area contributed by atoms with Crippen LogP contribution in [-0.4, -0.2) is 38.6 Å². The molecule has 2 radical (unpaired) electrons. The van der Waals surface area contributed by atoms with Crippen molar-refractivity contribution in [1.29, 1.82) is 0 Å². The van der Waals surface area contributed by atoms with Crippen molar-refractivity contribution in [2.45, 2.75) is 32.0 Å². The minimum Gasteiger partial charge on any atom is -0.370 e. The van der Waals surface area contributed by atoms with Gasteiger partial charge >= 0.3 is 0 Å². The van der Waals surface area contributed by atoms with Crippen molar-refractivity contribution in [2.75, 3.05) is 31.1 Å². The topological polar surface area (TPSA) is 37.3 Å². The molecule has 2 aliphatic heterocycles. The third-order valence-electron chi connectivity index (χ3n) is 5.86. The molecule has 1 aromatic carbocycles. The number of benzene rings is 1. The molecule has 2 aliphatic rings. The van der Waals surface area contributed by atoms with E-state index in [-0.39, 0.29) is 5.56 Å². The molecule has 0 atom stereocenters. The van der Waals surface area contributed by atoms with E-state index in [9.17, 15) is 4.79 Å². The molecule has 1 N–H and O–H groups in total. The molecule has 2 aromatic rings. The summed E-state index contributed by atoms with van der Waals surface area (Å²) in [6.07, 6.45) is 6.86. The Morgan fingerprint density at radius 2 is 1.73 bits per heavy atom. The lowest BCUT2D eigenvalue weighted by molar-refractivity contribution is 0.150. The standard InChI is InChI=1S/C21H26BN3O/c22-10-1-2-17-7-13-25(20(26)14-17)19-5-3-18(4-6-19)24-15-21(16-24)8-11-23-12-9-21/h3-7,13-14,23H,1-2,8-12,15-16H2. The maximum Gasteiger partial charge on any atom is 0.255 e. The minimum atomic E-state index is 0.0184. The Morgan fingerprint density at radius 1 is 1.04 bits per heavy atom. The van der Waals surface area contributed by atoms with Crippen LogP contribution in [0.4, 0.5) is 5.69 Å². The van der Waals surface area contributed by atoms with Crippen LogP contribution >= 0.6 is 0 Å². The molecule has 1 spiro atoms. The monoisotopic (exact) mass is 347 g/mol. The second kappa shape index (κ2) is 7.32. The molecule has 5 heteroatoms. The Labute approximate surface area is 156 Å². The average Bonchev–Trinajstić information content (AvgIpc) is 2.65. The van der Waals surface area contributed by atoms with Crippen LogP contribution in [0.5, 0.6) is 0 Å². The van der Waals surface area contributed by atoms with E-state index in [1.807, 2.05) is 24.4 Å². The number of aromatic nitrogens is 1. The van der Waals surface area contributed by atoms with Crippen LogP contribution in [0, 0.1) is 5.41 Å². The van der Waals surface area contributed by atoms with Gasteiger partial charge in [0.15, 0.2) is 0 Å². The van der Waals surface area contributed by atoms with Gasteiger partial charge in [0.1, 0.15) is 0 Å². The van der Waals surface area contributed by atoms with Crippen molar-refractivity contribution in [1.82, 2.24) is 9.88 Å². The third-order valence-corrected chi connectivity index (χ3v) is 5.86. The number of nitrogens with one attached hydrogen (secondary N) is 1. The van der Waals surface area contributed by atoms with Gasteiger partial charge in [-0.3, -0.25) is 9.36 Å². The van der Waals surface area contributed by atoms with Gasteiger partial charge in [0.05, 0.1) is 7.85 Å². The van der Waals surface area contributed by atoms with Gasteiger partial charge in [-0.1, -0.05) is 12.7 Å². The number of hydrogen-bond donors (Lipinski definition) is 1. The molecule has 1 aromatic heterocycles. The molecule has 26 heavy (non-hydrogen) atoms. The van der Waals surface area contributed by atoms with E-state index in [4.69, 9.17) is 7.85 Å². The third kappa shape index (κ3) is 3.45. The van der Waals surface area contributed by atoms with Gasteiger partial charge in [-0.15, -0.1) is 0 Å². The first kappa shape index (κ1) is 17.4. The van der Waals surface area contributed by atoms with Crippen LogP contribution in [0.25, 0.3) is 5.69 Å². The molecule has 0 amide bonds. The van der Waals surface area contributed by atoms with Gasteiger partial charge in [0.2, 0.25) is 0 Å². The smallest absolute Gasteiger partial charge is 0.255 e. The molecular formula is C21H26BN3O. The quantitative estimate of drug-likeness (QED) is 0.845. The zero-order valence-electron chi connectivity index (χ0n) is 15.3. The Balaban J connectivity index is 1.44. The number of nitrogens with zero attached hydrogens (tertiary/aromatic N) is 2. The Morgan fingerprint density at radius 3 is 2.38 bits per heavy atom. The highest BCUT2D eigenvalue weighted by Gasteiger charge is 2.43. The zero-order chi connectivity index (χ0) is 18.0. The predicted octanol–water partition coefficient (Wildman–Crippen LogP) is 2.55. The van der Waals surface area contributed by atoms with Crippen molar-refractivity contribution in [2.24, 2.45) is 5.41 Å². The number of pyridine rings is 1. The lowest BCUT2D eigenvalue weighted by Crippen LogP contribution is -2.60. The number of piperidine rings is 1. The highest BCUT2D eigenvalue weighted by molar-refractivity contribution is 6.08. The summed E-state index contributed by atoms with van der Waals surface area (Å²) in [5, 5.41) is 3.45. The van der Waals surface area contributed by atoms with Crippen LogP contribution in [-0.2, 0) is 6.42 Å². The number of hydrogen-bond acceptors (Lipinski definition) is 3. The summed E-state index contributed by atoms with van der Waals surface area (Å²) in [7, 11) is 5.55. The molecule has 0 saturated carbocycles. The molecule has 0 bridgehead atoms. The first-order valence-corrected chi connectivity index (χ1v) is 9.67. The fraction of sp³-hybridized carbons (Fsp3) is 0.476. The van der Waals surface area contributed by atoms with Gasteiger partial charge in [-0.25, -0.2) is 0 Å². The fourth-order valence-corrected chi connectivity index (χ4v) is 4.24.